The van der Waals surface area contributed by atoms with Crippen LogP contribution in [0.25, 0.3) is 11.1 Å². The highest BCUT2D eigenvalue weighted by Crippen LogP contribution is 2.34. The molecule has 0 saturated carbocycles. The van der Waals surface area contributed by atoms with Gasteiger partial charge in [-0.2, -0.15) is 0 Å². The summed E-state index contributed by atoms with van der Waals surface area (Å²) in [7, 11) is 2.12. The van der Waals surface area contributed by atoms with E-state index in [9.17, 15) is 4.79 Å². The van der Waals surface area contributed by atoms with Crippen LogP contribution in [0, 0.1) is 0 Å². The SMILES string of the molecule is CN1CCCC1CCOC(=O)Nc1c(Cl)cccc1-c1ccccc1. The molecule has 1 atom stereocenters. The predicted molar refractivity (Wildman–Crippen MR) is 102 cm³/mol. The van der Waals surface area contributed by atoms with Gasteiger partial charge in [-0.25, -0.2) is 4.79 Å². The Morgan fingerprint density at radius 1 is 1.24 bits per heavy atom. The number of nitrogens with zero attached hydrogens (tertiary/aromatic N) is 1. The van der Waals surface area contributed by atoms with Gasteiger partial charge in [-0.1, -0.05) is 54.1 Å². The summed E-state index contributed by atoms with van der Waals surface area (Å²) < 4.78 is 5.37. The third-order valence-electron chi connectivity index (χ3n) is 4.68. The van der Waals surface area contributed by atoms with Crippen LogP contribution in [0.3, 0.4) is 0 Å². The highest BCUT2D eigenvalue weighted by molar-refractivity contribution is 6.34. The number of hydrogen-bond acceptors (Lipinski definition) is 3. The van der Waals surface area contributed by atoms with E-state index in [-0.39, 0.29) is 0 Å². The zero-order chi connectivity index (χ0) is 17.6. The van der Waals surface area contributed by atoms with Crippen molar-refractivity contribution in [3.8, 4) is 11.1 Å². The van der Waals surface area contributed by atoms with Crippen molar-refractivity contribution in [2.24, 2.45) is 0 Å². The number of likely N-dealkylation sites (tertiary alicyclic amines) is 1. The minimum atomic E-state index is -0.467. The number of benzene rings is 2. The van der Waals surface area contributed by atoms with Crippen LogP contribution >= 0.6 is 11.6 Å². The van der Waals surface area contributed by atoms with E-state index in [2.05, 4.69) is 17.3 Å². The second-order valence-electron chi connectivity index (χ2n) is 6.35. The van der Waals surface area contributed by atoms with Crippen molar-refractivity contribution < 1.29 is 9.53 Å². The number of para-hydroxylation sites is 1. The lowest BCUT2D eigenvalue weighted by Gasteiger charge is -2.19. The molecule has 1 saturated heterocycles. The van der Waals surface area contributed by atoms with E-state index in [4.69, 9.17) is 16.3 Å². The summed E-state index contributed by atoms with van der Waals surface area (Å²) in [5, 5.41) is 3.30. The van der Waals surface area contributed by atoms with Gasteiger partial charge in [-0.05, 0) is 44.5 Å². The first-order chi connectivity index (χ1) is 12.1. The molecule has 1 aliphatic heterocycles. The number of nitrogens with one attached hydrogen (secondary N) is 1. The van der Waals surface area contributed by atoms with Gasteiger partial charge in [0.05, 0.1) is 17.3 Å². The van der Waals surface area contributed by atoms with Crippen LogP contribution in [0.5, 0.6) is 0 Å². The van der Waals surface area contributed by atoms with Gasteiger partial charge >= 0.3 is 6.09 Å². The Kier molecular flexibility index (Phi) is 5.95. The van der Waals surface area contributed by atoms with Gasteiger partial charge in [0.1, 0.15) is 0 Å². The zero-order valence-electron chi connectivity index (χ0n) is 14.4. The van der Waals surface area contributed by atoms with Crippen LogP contribution in [-0.4, -0.2) is 37.2 Å². The van der Waals surface area contributed by atoms with Gasteiger partial charge in [-0.3, -0.25) is 5.32 Å². The molecule has 1 aliphatic rings. The largest absolute Gasteiger partial charge is 0.449 e. The molecular weight excluding hydrogens is 336 g/mol. The highest BCUT2D eigenvalue weighted by Gasteiger charge is 2.21. The molecule has 0 aliphatic carbocycles. The number of rotatable bonds is 5. The maximum absolute atomic E-state index is 12.2. The van der Waals surface area contributed by atoms with Crippen LogP contribution < -0.4 is 5.32 Å². The van der Waals surface area contributed by atoms with Crippen molar-refractivity contribution in [3.63, 3.8) is 0 Å². The maximum atomic E-state index is 12.2. The number of hydrogen-bond donors (Lipinski definition) is 1. The molecule has 1 unspecified atom stereocenters. The van der Waals surface area contributed by atoms with E-state index in [1.54, 1.807) is 6.07 Å². The normalized spacial score (nSPS) is 17.4. The van der Waals surface area contributed by atoms with E-state index in [1.807, 2.05) is 42.5 Å². The molecule has 4 nitrogen and oxygen atoms in total. The number of carbonyl (C=O) groups excluding carboxylic acids is 1. The number of ether oxygens (including phenoxy) is 1. The average Bonchev–Trinajstić information content (AvgIpc) is 3.02. The van der Waals surface area contributed by atoms with Crippen LogP contribution in [0.15, 0.2) is 48.5 Å². The molecule has 25 heavy (non-hydrogen) atoms. The smallest absolute Gasteiger partial charge is 0.411 e. The lowest BCUT2D eigenvalue weighted by Crippen LogP contribution is -2.27. The van der Waals surface area contributed by atoms with Gasteiger partial charge < -0.3 is 9.64 Å². The van der Waals surface area contributed by atoms with Crippen molar-refractivity contribution in [2.45, 2.75) is 25.3 Å². The lowest BCUT2D eigenvalue weighted by molar-refractivity contribution is 0.147. The molecule has 1 amide bonds. The molecule has 1 heterocycles. The van der Waals surface area contributed by atoms with Gasteiger partial charge in [0, 0.05) is 11.6 Å². The van der Waals surface area contributed by atoms with E-state index in [0.29, 0.717) is 23.4 Å². The van der Waals surface area contributed by atoms with Crippen LogP contribution in [0.2, 0.25) is 5.02 Å². The van der Waals surface area contributed by atoms with Crippen molar-refractivity contribution in [3.05, 3.63) is 53.6 Å². The summed E-state index contributed by atoms with van der Waals surface area (Å²) in [6, 6.07) is 15.9. The first-order valence-electron chi connectivity index (χ1n) is 8.63. The lowest BCUT2D eigenvalue weighted by atomic mass is 10.0. The average molecular weight is 359 g/mol. The molecule has 1 fully saturated rings. The Hall–Kier alpha value is -2.04. The van der Waals surface area contributed by atoms with Crippen molar-refractivity contribution in [2.75, 3.05) is 25.5 Å². The Balaban J connectivity index is 1.63. The first kappa shape index (κ1) is 17.8. The third kappa shape index (κ3) is 4.53. The van der Waals surface area contributed by atoms with Crippen molar-refractivity contribution in [1.29, 1.82) is 0 Å². The minimum absolute atomic E-state index is 0.409. The van der Waals surface area contributed by atoms with Crippen molar-refractivity contribution >= 4 is 23.4 Å². The topological polar surface area (TPSA) is 41.6 Å². The molecule has 1 N–H and O–H groups in total. The fraction of sp³-hybridized carbons (Fsp3) is 0.350. The molecule has 0 aromatic heterocycles. The molecule has 0 radical (unpaired) electrons. The second-order valence-corrected chi connectivity index (χ2v) is 6.76. The minimum Gasteiger partial charge on any atom is -0.449 e. The van der Waals surface area contributed by atoms with Gasteiger partial charge in [0.25, 0.3) is 0 Å². The van der Waals surface area contributed by atoms with E-state index in [0.717, 1.165) is 24.1 Å². The molecule has 0 spiro atoms. The van der Waals surface area contributed by atoms with Crippen LogP contribution in [0.1, 0.15) is 19.3 Å². The molecule has 5 heteroatoms. The summed E-state index contributed by atoms with van der Waals surface area (Å²) in [6.07, 6.45) is 2.78. The summed E-state index contributed by atoms with van der Waals surface area (Å²) in [6.45, 7) is 1.53. The van der Waals surface area contributed by atoms with E-state index in [1.165, 1.54) is 12.8 Å². The van der Waals surface area contributed by atoms with Gasteiger partial charge in [0.15, 0.2) is 0 Å². The molecule has 0 bridgehead atoms. The molecular formula is C20H23ClN2O2. The maximum Gasteiger partial charge on any atom is 0.411 e. The van der Waals surface area contributed by atoms with Gasteiger partial charge in [-0.15, -0.1) is 0 Å². The molecule has 2 aromatic carbocycles. The molecule has 132 valence electrons. The summed E-state index contributed by atoms with van der Waals surface area (Å²) in [5.41, 5.74) is 2.45. The Bertz CT molecular complexity index is 721. The standard InChI is InChI=1S/C20H23ClN2O2/c1-23-13-6-9-16(23)12-14-25-20(24)22-19-17(10-5-11-18(19)21)15-7-3-2-4-8-15/h2-5,7-8,10-11,16H,6,9,12-14H2,1H3,(H,22,24). The number of anilines is 1. The summed E-state index contributed by atoms with van der Waals surface area (Å²) in [5.74, 6) is 0. The third-order valence-corrected chi connectivity index (χ3v) is 5.00. The Labute approximate surface area is 153 Å². The Morgan fingerprint density at radius 2 is 2.04 bits per heavy atom. The van der Waals surface area contributed by atoms with E-state index >= 15 is 0 Å². The monoisotopic (exact) mass is 358 g/mol. The summed E-state index contributed by atoms with van der Waals surface area (Å²) in [4.78, 5) is 14.5. The fourth-order valence-electron chi connectivity index (χ4n) is 3.28. The second kappa shape index (κ2) is 8.37. The quantitative estimate of drug-likeness (QED) is 0.814. The van der Waals surface area contributed by atoms with E-state index < -0.39 is 6.09 Å². The number of halogens is 1. The van der Waals surface area contributed by atoms with Crippen LogP contribution in [0.4, 0.5) is 10.5 Å². The first-order valence-corrected chi connectivity index (χ1v) is 9.01. The van der Waals surface area contributed by atoms with Crippen LogP contribution in [-0.2, 0) is 4.74 Å². The number of amides is 1. The molecule has 3 rings (SSSR count). The zero-order valence-corrected chi connectivity index (χ0v) is 15.1. The Morgan fingerprint density at radius 3 is 2.76 bits per heavy atom. The highest BCUT2D eigenvalue weighted by atomic mass is 35.5. The number of carbonyl (C=O) groups is 1. The van der Waals surface area contributed by atoms with Crippen molar-refractivity contribution in [1.82, 2.24) is 4.90 Å². The molecule has 2 aromatic rings. The summed E-state index contributed by atoms with van der Waals surface area (Å²) >= 11 is 6.30. The fourth-order valence-corrected chi connectivity index (χ4v) is 3.50. The van der Waals surface area contributed by atoms with Gasteiger partial charge in [0.2, 0.25) is 0 Å². The predicted octanol–water partition coefficient (Wildman–Crippen LogP) is 5.04.